The Labute approximate surface area is 152 Å². The quantitative estimate of drug-likeness (QED) is 0.780. The Bertz CT molecular complexity index is 752. The van der Waals surface area contributed by atoms with E-state index in [1.54, 1.807) is 0 Å². The number of rotatable bonds is 6. The average Bonchev–Trinajstić information content (AvgIpc) is 2.81. The number of benzene rings is 1. The Morgan fingerprint density at radius 3 is 2.54 bits per heavy atom. The highest BCUT2D eigenvalue weighted by atomic mass is 32.2. The highest BCUT2D eigenvalue weighted by molar-refractivity contribution is 7.88. The molecular formula is C17H23F2N3O3S. The lowest BCUT2D eigenvalue weighted by Crippen LogP contribution is -2.63. The highest BCUT2D eigenvalue weighted by Gasteiger charge is 2.52. The molecule has 0 aromatic heterocycles. The molecule has 2 saturated heterocycles. The SMILES string of the molecule is CS(=O)(=O)N1CC(N2CC(F)(F)C[C@H]2C(=O)NCCc2ccccc2)C1. The van der Waals surface area contributed by atoms with Crippen LogP contribution < -0.4 is 5.32 Å². The minimum atomic E-state index is -3.32. The third-order valence-corrected chi connectivity index (χ3v) is 6.17. The van der Waals surface area contributed by atoms with Gasteiger partial charge < -0.3 is 5.32 Å². The van der Waals surface area contributed by atoms with Crippen molar-refractivity contribution in [3.8, 4) is 0 Å². The topological polar surface area (TPSA) is 69.7 Å². The van der Waals surface area contributed by atoms with E-state index in [0.29, 0.717) is 13.0 Å². The standard InChI is InChI=1S/C17H23F2N3O3S/c1-26(24,25)21-10-14(11-21)22-12-17(18,19)9-15(22)16(23)20-8-7-13-5-3-2-4-6-13/h2-6,14-15H,7-12H2,1H3,(H,20,23)/t15-/m0/s1. The van der Waals surface area contributed by atoms with Crippen LogP contribution in [0.25, 0.3) is 0 Å². The van der Waals surface area contributed by atoms with E-state index in [0.717, 1.165) is 11.8 Å². The molecule has 0 spiro atoms. The monoisotopic (exact) mass is 387 g/mol. The molecule has 3 rings (SSSR count). The third-order valence-electron chi connectivity index (χ3n) is 4.93. The zero-order chi connectivity index (χ0) is 18.9. The number of amides is 1. The van der Waals surface area contributed by atoms with Gasteiger partial charge in [-0.05, 0) is 12.0 Å². The highest BCUT2D eigenvalue weighted by Crippen LogP contribution is 2.35. The van der Waals surface area contributed by atoms with E-state index < -0.39 is 40.9 Å². The molecule has 0 radical (unpaired) electrons. The molecular weight excluding hydrogens is 364 g/mol. The van der Waals surface area contributed by atoms with Crippen LogP contribution in [0.15, 0.2) is 30.3 Å². The van der Waals surface area contributed by atoms with Gasteiger partial charge in [0.1, 0.15) is 0 Å². The van der Waals surface area contributed by atoms with E-state index in [1.807, 2.05) is 30.3 Å². The van der Waals surface area contributed by atoms with Crippen LogP contribution in [0.3, 0.4) is 0 Å². The summed E-state index contributed by atoms with van der Waals surface area (Å²) in [4.78, 5) is 13.9. The van der Waals surface area contributed by atoms with Crippen molar-refractivity contribution in [3.63, 3.8) is 0 Å². The predicted molar refractivity (Wildman–Crippen MR) is 93.4 cm³/mol. The van der Waals surface area contributed by atoms with Crippen LogP contribution in [0.4, 0.5) is 8.78 Å². The zero-order valence-electron chi connectivity index (χ0n) is 14.6. The summed E-state index contributed by atoms with van der Waals surface area (Å²) in [6, 6.07) is 8.32. The lowest BCUT2D eigenvalue weighted by molar-refractivity contribution is -0.127. The second kappa shape index (κ2) is 7.21. The van der Waals surface area contributed by atoms with Crippen molar-refractivity contribution in [3.05, 3.63) is 35.9 Å². The van der Waals surface area contributed by atoms with E-state index in [1.165, 1.54) is 9.21 Å². The summed E-state index contributed by atoms with van der Waals surface area (Å²) in [6.45, 7) is 0.177. The van der Waals surface area contributed by atoms with Crippen molar-refractivity contribution in [2.45, 2.75) is 30.8 Å². The van der Waals surface area contributed by atoms with Gasteiger partial charge in [-0.15, -0.1) is 0 Å². The van der Waals surface area contributed by atoms with Crippen LogP contribution in [0.5, 0.6) is 0 Å². The molecule has 1 atom stereocenters. The summed E-state index contributed by atoms with van der Waals surface area (Å²) in [5.74, 6) is -3.36. The number of carbonyl (C=O) groups excluding carboxylic acids is 1. The van der Waals surface area contributed by atoms with Crippen LogP contribution in [0.2, 0.25) is 0 Å². The normalized spacial score (nSPS) is 24.3. The fourth-order valence-electron chi connectivity index (χ4n) is 3.46. The maximum absolute atomic E-state index is 13.9. The van der Waals surface area contributed by atoms with Gasteiger partial charge in [-0.2, -0.15) is 4.31 Å². The van der Waals surface area contributed by atoms with E-state index in [2.05, 4.69) is 5.32 Å². The van der Waals surface area contributed by atoms with Crippen molar-refractivity contribution in [2.24, 2.45) is 0 Å². The van der Waals surface area contributed by atoms with Gasteiger partial charge in [-0.3, -0.25) is 9.69 Å². The van der Waals surface area contributed by atoms with Gasteiger partial charge in [-0.25, -0.2) is 17.2 Å². The van der Waals surface area contributed by atoms with Gasteiger partial charge in [-0.1, -0.05) is 30.3 Å². The fraction of sp³-hybridized carbons (Fsp3) is 0.588. The Hall–Kier alpha value is -1.58. The van der Waals surface area contributed by atoms with Crippen molar-refractivity contribution in [1.82, 2.24) is 14.5 Å². The lowest BCUT2D eigenvalue weighted by Gasteiger charge is -2.44. The average molecular weight is 387 g/mol. The largest absolute Gasteiger partial charge is 0.354 e. The Balaban J connectivity index is 1.56. The molecule has 1 aromatic carbocycles. The second-order valence-corrected chi connectivity index (χ2v) is 8.99. The van der Waals surface area contributed by atoms with Crippen molar-refractivity contribution in [2.75, 3.05) is 32.4 Å². The van der Waals surface area contributed by atoms with E-state index in [-0.39, 0.29) is 19.1 Å². The number of nitrogens with one attached hydrogen (secondary N) is 1. The number of hydrogen-bond acceptors (Lipinski definition) is 4. The van der Waals surface area contributed by atoms with Gasteiger partial charge in [0.15, 0.2) is 0 Å². The molecule has 2 fully saturated rings. The van der Waals surface area contributed by atoms with Gasteiger partial charge in [0.2, 0.25) is 15.9 Å². The molecule has 0 aliphatic carbocycles. The third kappa shape index (κ3) is 4.39. The first-order chi connectivity index (χ1) is 12.2. The molecule has 2 heterocycles. The minimum absolute atomic E-state index is 0.155. The summed E-state index contributed by atoms with van der Waals surface area (Å²) in [7, 11) is -3.32. The maximum atomic E-state index is 13.9. The van der Waals surface area contributed by atoms with Gasteiger partial charge in [0.05, 0.1) is 18.8 Å². The van der Waals surface area contributed by atoms with E-state index in [4.69, 9.17) is 0 Å². The number of halogens is 2. The van der Waals surface area contributed by atoms with Crippen molar-refractivity contribution in [1.29, 1.82) is 0 Å². The molecule has 0 saturated carbocycles. The molecule has 0 bridgehead atoms. The number of hydrogen-bond donors (Lipinski definition) is 1. The lowest BCUT2D eigenvalue weighted by atomic mass is 10.1. The number of carbonyl (C=O) groups is 1. The van der Waals surface area contributed by atoms with E-state index in [9.17, 15) is 22.0 Å². The first kappa shape index (κ1) is 19.2. The summed E-state index contributed by atoms with van der Waals surface area (Å²) in [5.41, 5.74) is 1.06. The van der Waals surface area contributed by atoms with Crippen LogP contribution in [0.1, 0.15) is 12.0 Å². The van der Waals surface area contributed by atoms with Gasteiger partial charge in [0, 0.05) is 32.1 Å². The van der Waals surface area contributed by atoms with Gasteiger partial charge >= 0.3 is 0 Å². The number of nitrogens with zero attached hydrogens (tertiary/aromatic N) is 2. The first-order valence-corrected chi connectivity index (χ1v) is 10.4. The molecule has 1 amide bonds. The Morgan fingerprint density at radius 1 is 1.27 bits per heavy atom. The predicted octanol–water partition coefficient (Wildman–Crippen LogP) is 0.699. The molecule has 9 heteroatoms. The smallest absolute Gasteiger partial charge is 0.262 e. The molecule has 1 aromatic rings. The van der Waals surface area contributed by atoms with Crippen molar-refractivity contribution < 1.29 is 22.0 Å². The molecule has 144 valence electrons. The van der Waals surface area contributed by atoms with Crippen molar-refractivity contribution >= 4 is 15.9 Å². The van der Waals surface area contributed by atoms with Crippen LogP contribution in [-0.4, -0.2) is 74.0 Å². The summed E-state index contributed by atoms with van der Waals surface area (Å²) in [5, 5.41) is 2.74. The number of likely N-dealkylation sites (tertiary alicyclic amines) is 1. The number of alkyl halides is 2. The van der Waals surface area contributed by atoms with Crippen LogP contribution >= 0.6 is 0 Å². The minimum Gasteiger partial charge on any atom is -0.354 e. The molecule has 0 unspecified atom stereocenters. The number of sulfonamides is 1. The molecule has 6 nitrogen and oxygen atoms in total. The molecule has 26 heavy (non-hydrogen) atoms. The molecule has 2 aliphatic rings. The van der Waals surface area contributed by atoms with Gasteiger partial charge in [0.25, 0.3) is 5.92 Å². The summed E-state index contributed by atoms with van der Waals surface area (Å²) >= 11 is 0. The molecule has 1 N–H and O–H groups in total. The van der Waals surface area contributed by atoms with Crippen LogP contribution in [-0.2, 0) is 21.2 Å². The Morgan fingerprint density at radius 2 is 1.92 bits per heavy atom. The van der Waals surface area contributed by atoms with Crippen LogP contribution in [0, 0.1) is 0 Å². The fourth-order valence-corrected chi connectivity index (χ4v) is 4.34. The zero-order valence-corrected chi connectivity index (χ0v) is 15.4. The second-order valence-electron chi connectivity index (χ2n) is 7.01. The summed E-state index contributed by atoms with van der Waals surface area (Å²) < 4.78 is 52.0. The van der Waals surface area contributed by atoms with E-state index >= 15 is 0 Å². The first-order valence-electron chi connectivity index (χ1n) is 8.56. The Kier molecular flexibility index (Phi) is 5.32. The maximum Gasteiger partial charge on any atom is 0.262 e. The molecule has 2 aliphatic heterocycles. The summed E-state index contributed by atoms with van der Waals surface area (Å²) in [6.07, 6.45) is 1.19.